The first-order valence-corrected chi connectivity index (χ1v) is 4.81. The Kier molecular flexibility index (Phi) is 2.81. The van der Waals surface area contributed by atoms with Gasteiger partial charge in [-0.3, -0.25) is 0 Å². The van der Waals surface area contributed by atoms with Gasteiger partial charge in [-0.2, -0.15) is 5.26 Å². The predicted molar refractivity (Wildman–Crippen MR) is 61.3 cm³/mol. The largest absolute Gasteiger partial charge is 0.422 e. The van der Waals surface area contributed by atoms with Crippen molar-refractivity contribution in [3.05, 3.63) is 40.2 Å². The topological polar surface area (TPSA) is 63.2 Å². The Morgan fingerprint density at radius 1 is 1.35 bits per heavy atom. The summed E-state index contributed by atoms with van der Waals surface area (Å²) in [5, 5.41) is 9.36. The van der Waals surface area contributed by atoms with Crippen molar-refractivity contribution in [1.82, 2.24) is 0 Å². The highest BCUT2D eigenvalue weighted by atomic mass is 16.5. The molecule has 4 nitrogen and oxygen atoms in total. The van der Waals surface area contributed by atoms with Crippen LogP contribution in [-0.2, 0) is 0 Å². The summed E-state index contributed by atoms with van der Waals surface area (Å²) in [6.45, 7) is 1.65. The molecule has 0 radical (unpaired) electrons. The molecule has 0 fully saturated rings. The average Bonchev–Trinajstić information content (AvgIpc) is 2.35. The predicted octanol–water partition coefficient (Wildman–Crippen LogP) is 2.02. The Morgan fingerprint density at radius 3 is 2.88 bits per heavy atom. The summed E-state index contributed by atoms with van der Waals surface area (Å²) in [5.74, 6) is 3.07. The first kappa shape index (κ1) is 10.8. The van der Waals surface area contributed by atoms with Crippen molar-refractivity contribution >= 4 is 11.0 Å². The molecule has 82 valence electrons. The van der Waals surface area contributed by atoms with E-state index >= 15 is 0 Å². The minimum atomic E-state index is -0.654. The van der Waals surface area contributed by atoms with Crippen LogP contribution in [0.2, 0.25) is 0 Å². The lowest BCUT2D eigenvalue weighted by molar-refractivity contribution is 0.514. The van der Waals surface area contributed by atoms with Crippen molar-refractivity contribution < 1.29 is 9.15 Å². The van der Waals surface area contributed by atoms with E-state index in [-0.39, 0.29) is 5.56 Å². The van der Waals surface area contributed by atoms with Crippen molar-refractivity contribution in [3.63, 3.8) is 0 Å². The molecule has 0 amide bonds. The SMILES string of the molecule is CC#COc1ccc2cc(C#N)c(=O)oc2c1. The molecule has 1 heterocycles. The van der Waals surface area contributed by atoms with Gasteiger partial charge in [0.05, 0.1) is 0 Å². The van der Waals surface area contributed by atoms with Gasteiger partial charge in [0, 0.05) is 18.4 Å². The second kappa shape index (κ2) is 4.42. The van der Waals surface area contributed by atoms with E-state index in [1.165, 1.54) is 6.07 Å². The maximum atomic E-state index is 11.3. The molecule has 0 saturated heterocycles. The molecule has 2 rings (SSSR count). The molecule has 0 unspecified atom stereocenters. The number of rotatable bonds is 1. The quantitative estimate of drug-likeness (QED) is 0.550. The first-order chi connectivity index (χ1) is 8.24. The van der Waals surface area contributed by atoms with E-state index in [0.29, 0.717) is 16.7 Å². The van der Waals surface area contributed by atoms with Crippen LogP contribution in [0.3, 0.4) is 0 Å². The molecule has 4 heteroatoms. The summed E-state index contributed by atoms with van der Waals surface area (Å²) < 4.78 is 10.1. The monoisotopic (exact) mass is 225 g/mol. The lowest BCUT2D eigenvalue weighted by atomic mass is 10.2. The Morgan fingerprint density at radius 2 is 2.18 bits per heavy atom. The molecular weight excluding hydrogens is 218 g/mol. The summed E-state index contributed by atoms with van der Waals surface area (Å²) in [7, 11) is 0. The van der Waals surface area contributed by atoms with Crippen molar-refractivity contribution in [3.8, 4) is 23.8 Å². The molecule has 0 bridgehead atoms. The molecule has 0 spiro atoms. The highest BCUT2D eigenvalue weighted by molar-refractivity contribution is 5.79. The van der Waals surface area contributed by atoms with E-state index in [9.17, 15) is 4.79 Å². The van der Waals surface area contributed by atoms with Crippen LogP contribution in [0.5, 0.6) is 5.75 Å². The van der Waals surface area contributed by atoms with E-state index in [0.717, 1.165) is 0 Å². The number of nitrogens with zero attached hydrogens (tertiary/aromatic N) is 1. The van der Waals surface area contributed by atoms with Crippen LogP contribution in [0.4, 0.5) is 0 Å². The van der Waals surface area contributed by atoms with Crippen molar-refractivity contribution in [1.29, 1.82) is 5.26 Å². The number of ether oxygens (including phenoxy) is 1. The molecule has 0 N–H and O–H groups in total. The standard InChI is InChI=1S/C13H7NO3/c1-2-5-16-11-4-3-9-6-10(8-14)13(15)17-12(9)7-11/h3-4,6-7H,1H3. The van der Waals surface area contributed by atoms with E-state index in [1.54, 1.807) is 31.2 Å². The minimum absolute atomic E-state index is 0.0143. The molecule has 0 aliphatic heterocycles. The highest BCUT2D eigenvalue weighted by Crippen LogP contribution is 2.20. The van der Waals surface area contributed by atoms with Gasteiger partial charge < -0.3 is 9.15 Å². The van der Waals surface area contributed by atoms with Crippen LogP contribution in [0.1, 0.15) is 12.5 Å². The van der Waals surface area contributed by atoms with E-state index in [1.807, 2.05) is 0 Å². The van der Waals surface area contributed by atoms with Gasteiger partial charge in [0.15, 0.2) is 0 Å². The molecule has 17 heavy (non-hydrogen) atoms. The first-order valence-electron chi connectivity index (χ1n) is 4.81. The molecule has 0 atom stereocenters. The minimum Gasteiger partial charge on any atom is -0.422 e. The Bertz CT molecular complexity index is 726. The average molecular weight is 225 g/mol. The van der Waals surface area contributed by atoms with Gasteiger partial charge in [0.1, 0.15) is 29.1 Å². The molecule has 2 aromatic rings. The number of hydrogen-bond donors (Lipinski definition) is 0. The number of nitriles is 1. The van der Waals surface area contributed by atoms with Gasteiger partial charge in [0.25, 0.3) is 0 Å². The van der Waals surface area contributed by atoms with Gasteiger partial charge in [-0.1, -0.05) is 5.92 Å². The molecular formula is C13H7NO3. The molecule has 0 saturated carbocycles. The second-order valence-corrected chi connectivity index (χ2v) is 3.21. The molecule has 1 aromatic carbocycles. The fourth-order valence-corrected chi connectivity index (χ4v) is 1.34. The zero-order chi connectivity index (χ0) is 12.3. The number of hydrogen-bond acceptors (Lipinski definition) is 4. The maximum absolute atomic E-state index is 11.3. The zero-order valence-electron chi connectivity index (χ0n) is 8.98. The van der Waals surface area contributed by atoms with Crippen molar-refractivity contribution in [2.75, 3.05) is 0 Å². The van der Waals surface area contributed by atoms with E-state index in [2.05, 4.69) is 12.0 Å². The summed E-state index contributed by atoms with van der Waals surface area (Å²) in [6, 6.07) is 8.21. The third-order valence-electron chi connectivity index (χ3n) is 2.10. The number of fused-ring (bicyclic) bond motifs is 1. The maximum Gasteiger partial charge on any atom is 0.354 e. The third kappa shape index (κ3) is 2.11. The molecule has 0 aliphatic rings. The zero-order valence-corrected chi connectivity index (χ0v) is 8.98. The summed E-state index contributed by atoms with van der Waals surface area (Å²) in [5.41, 5.74) is -0.303. The van der Waals surface area contributed by atoms with Gasteiger partial charge in [-0.05, 0) is 18.2 Å². The normalized spacial score (nSPS) is 9.18. The lowest BCUT2D eigenvalue weighted by Crippen LogP contribution is -2.02. The van der Waals surface area contributed by atoms with Crippen molar-refractivity contribution in [2.45, 2.75) is 6.92 Å². The van der Waals surface area contributed by atoms with Gasteiger partial charge in [0.2, 0.25) is 0 Å². The summed E-state index contributed by atoms with van der Waals surface area (Å²) in [6.07, 6.45) is 2.44. The van der Waals surface area contributed by atoms with Crippen LogP contribution in [0.25, 0.3) is 11.0 Å². The van der Waals surface area contributed by atoms with Crippen molar-refractivity contribution in [2.24, 2.45) is 0 Å². The molecule has 1 aromatic heterocycles. The van der Waals surface area contributed by atoms with Crippen LogP contribution in [0.15, 0.2) is 33.5 Å². The fraction of sp³-hybridized carbons (Fsp3) is 0.0769. The van der Waals surface area contributed by atoms with E-state index < -0.39 is 5.63 Å². The Hall–Kier alpha value is -2.72. The third-order valence-corrected chi connectivity index (χ3v) is 2.10. The fourth-order valence-electron chi connectivity index (χ4n) is 1.34. The van der Waals surface area contributed by atoms with Gasteiger partial charge in [-0.25, -0.2) is 4.79 Å². The van der Waals surface area contributed by atoms with Gasteiger partial charge >= 0.3 is 5.63 Å². The van der Waals surface area contributed by atoms with E-state index in [4.69, 9.17) is 14.4 Å². The summed E-state index contributed by atoms with van der Waals surface area (Å²) >= 11 is 0. The summed E-state index contributed by atoms with van der Waals surface area (Å²) in [4.78, 5) is 11.3. The van der Waals surface area contributed by atoms with Crippen LogP contribution < -0.4 is 10.4 Å². The second-order valence-electron chi connectivity index (χ2n) is 3.21. The highest BCUT2D eigenvalue weighted by Gasteiger charge is 2.05. The van der Waals surface area contributed by atoms with Crippen LogP contribution in [0, 0.1) is 23.4 Å². The van der Waals surface area contributed by atoms with Crippen LogP contribution >= 0.6 is 0 Å². The smallest absolute Gasteiger partial charge is 0.354 e. The van der Waals surface area contributed by atoms with Gasteiger partial charge in [-0.15, -0.1) is 0 Å². The Labute approximate surface area is 97.0 Å². The van der Waals surface area contributed by atoms with Crippen LogP contribution in [-0.4, -0.2) is 0 Å². The number of benzene rings is 1. The Balaban J connectivity index is 2.58. The molecule has 0 aliphatic carbocycles. The lowest BCUT2D eigenvalue weighted by Gasteiger charge is -1.99.